The molecule has 0 atom stereocenters. The lowest BCUT2D eigenvalue weighted by molar-refractivity contribution is 0.656. The van der Waals surface area contributed by atoms with Gasteiger partial charge in [0.05, 0.1) is 18.4 Å². The third-order valence-corrected chi connectivity index (χ3v) is 4.01. The van der Waals surface area contributed by atoms with Gasteiger partial charge in [-0.25, -0.2) is 4.68 Å². The SMILES string of the molecule is CC(C)c1ccc(-c2cn(Cc3cccs3)nn2)nc1. The number of hydrogen-bond donors (Lipinski definition) is 0. The lowest BCUT2D eigenvalue weighted by Gasteiger charge is -2.04. The van der Waals surface area contributed by atoms with Crippen molar-refractivity contribution in [3.63, 3.8) is 0 Å². The topological polar surface area (TPSA) is 43.6 Å². The second-order valence-electron chi connectivity index (χ2n) is 5.01. The van der Waals surface area contributed by atoms with Gasteiger partial charge in [-0.3, -0.25) is 4.98 Å². The fourth-order valence-electron chi connectivity index (χ4n) is 1.95. The molecule has 0 amide bonds. The van der Waals surface area contributed by atoms with Gasteiger partial charge in [-0.15, -0.1) is 16.4 Å². The van der Waals surface area contributed by atoms with Gasteiger partial charge in [0.15, 0.2) is 0 Å². The summed E-state index contributed by atoms with van der Waals surface area (Å²) in [6.07, 6.45) is 3.86. The molecule has 5 heteroatoms. The number of thiophene rings is 1. The maximum Gasteiger partial charge on any atom is 0.131 e. The van der Waals surface area contributed by atoms with Crippen LogP contribution in [-0.4, -0.2) is 20.0 Å². The Morgan fingerprint density at radius 1 is 1.20 bits per heavy atom. The molecule has 0 spiro atoms. The van der Waals surface area contributed by atoms with Crippen molar-refractivity contribution >= 4 is 11.3 Å². The van der Waals surface area contributed by atoms with Crippen LogP contribution >= 0.6 is 11.3 Å². The van der Waals surface area contributed by atoms with E-state index in [9.17, 15) is 0 Å². The van der Waals surface area contributed by atoms with E-state index in [-0.39, 0.29) is 0 Å². The Bertz CT molecular complexity index is 668. The quantitative estimate of drug-likeness (QED) is 0.735. The first-order valence-corrected chi connectivity index (χ1v) is 7.49. The first kappa shape index (κ1) is 13.0. The monoisotopic (exact) mass is 284 g/mol. The molecule has 3 aromatic heterocycles. The van der Waals surface area contributed by atoms with Crippen molar-refractivity contribution in [1.29, 1.82) is 0 Å². The zero-order valence-corrected chi connectivity index (χ0v) is 12.3. The Kier molecular flexibility index (Phi) is 3.60. The average molecular weight is 284 g/mol. The minimum atomic E-state index is 0.492. The number of hydrogen-bond acceptors (Lipinski definition) is 4. The van der Waals surface area contributed by atoms with E-state index in [0.29, 0.717) is 5.92 Å². The highest BCUT2D eigenvalue weighted by molar-refractivity contribution is 7.09. The summed E-state index contributed by atoms with van der Waals surface area (Å²) in [6.45, 7) is 5.08. The fraction of sp³-hybridized carbons (Fsp3) is 0.267. The van der Waals surface area contributed by atoms with Crippen molar-refractivity contribution in [2.75, 3.05) is 0 Å². The molecule has 0 N–H and O–H groups in total. The van der Waals surface area contributed by atoms with Crippen molar-refractivity contribution in [2.45, 2.75) is 26.3 Å². The van der Waals surface area contributed by atoms with Gasteiger partial charge in [0.2, 0.25) is 0 Å². The number of pyridine rings is 1. The van der Waals surface area contributed by atoms with Gasteiger partial charge in [-0.2, -0.15) is 0 Å². The maximum atomic E-state index is 4.47. The minimum Gasteiger partial charge on any atom is -0.254 e. The molecule has 0 aliphatic rings. The molecule has 3 aromatic rings. The molecule has 3 rings (SSSR count). The summed E-state index contributed by atoms with van der Waals surface area (Å²) >= 11 is 1.72. The first-order chi connectivity index (χ1) is 9.72. The van der Waals surface area contributed by atoms with Crippen LogP contribution in [0.15, 0.2) is 42.0 Å². The first-order valence-electron chi connectivity index (χ1n) is 6.61. The normalized spacial score (nSPS) is 11.2. The fourth-order valence-corrected chi connectivity index (χ4v) is 2.65. The third-order valence-electron chi connectivity index (χ3n) is 3.15. The number of rotatable bonds is 4. The average Bonchev–Trinajstić information content (AvgIpc) is 3.11. The summed E-state index contributed by atoms with van der Waals surface area (Å²) in [5.41, 5.74) is 2.92. The summed E-state index contributed by atoms with van der Waals surface area (Å²) < 4.78 is 1.85. The van der Waals surface area contributed by atoms with E-state index >= 15 is 0 Å². The molecule has 4 nitrogen and oxygen atoms in total. The molecule has 20 heavy (non-hydrogen) atoms. The van der Waals surface area contributed by atoms with Crippen molar-refractivity contribution in [3.05, 3.63) is 52.5 Å². The Morgan fingerprint density at radius 3 is 2.75 bits per heavy atom. The minimum absolute atomic E-state index is 0.492. The summed E-state index contributed by atoms with van der Waals surface area (Å²) in [4.78, 5) is 5.74. The molecule has 0 saturated heterocycles. The predicted octanol–water partition coefficient (Wildman–Crippen LogP) is 3.57. The molecule has 0 unspecified atom stereocenters. The van der Waals surface area contributed by atoms with Gasteiger partial charge >= 0.3 is 0 Å². The number of nitrogens with zero attached hydrogens (tertiary/aromatic N) is 4. The van der Waals surface area contributed by atoms with Crippen LogP contribution in [0.3, 0.4) is 0 Å². The molecule has 0 radical (unpaired) electrons. The van der Waals surface area contributed by atoms with E-state index in [4.69, 9.17) is 0 Å². The molecule has 0 aliphatic heterocycles. The van der Waals surface area contributed by atoms with Gasteiger partial charge in [-0.05, 0) is 29.0 Å². The van der Waals surface area contributed by atoms with E-state index in [1.54, 1.807) is 11.3 Å². The van der Waals surface area contributed by atoms with Crippen molar-refractivity contribution in [1.82, 2.24) is 20.0 Å². The summed E-state index contributed by atoms with van der Waals surface area (Å²) in [7, 11) is 0. The Hall–Kier alpha value is -2.01. The largest absolute Gasteiger partial charge is 0.254 e. The van der Waals surface area contributed by atoms with Crippen LogP contribution in [0.2, 0.25) is 0 Å². The molecule has 0 fully saturated rings. The van der Waals surface area contributed by atoms with Gasteiger partial charge in [0.1, 0.15) is 5.69 Å². The summed E-state index contributed by atoms with van der Waals surface area (Å²) in [6, 6.07) is 8.26. The van der Waals surface area contributed by atoms with Gasteiger partial charge in [0.25, 0.3) is 0 Å². The number of aromatic nitrogens is 4. The second kappa shape index (κ2) is 5.54. The maximum absolute atomic E-state index is 4.47. The molecule has 102 valence electrons. The van der Waals surface area contributed by atoms with Crippen LogP contribution in [0.4, 0.5) is 0 Å². The van der Waals surface area contributed by atoms with Gasteiger partial charge in [0, 0.05) is 11.1 Å². The zero-order valence-electron chi connectivity index (χ0n) is 11.5. The van der Waals surface area contributed by atoms with Crippen molar-refractivity contribution in [3.8, 4) is 11.4 Å². The standard InChI is InChI=1S/C15H16N4S/c1-11(2)12-5-6-14(16-8-12)15-10-19(18-17-15)9-13-4-3-7-20-13/h3-8,10-11H,9H2,1-2H3. The molecule has 0 aliphatic carbocycles. The van der Waals surface area contributed by atoms with Crippen LogP contribution in [0, 0.1) is 0 Å². The van der Waals surface area contributed by atoms with E-state index in [1.165, 1.54) is 10.4 Å². The Labute approximate surface area is 122 Å². The molecule has 0 bridgehead atoms. The van der Waals surface area contributed by atoms with E-state index < -0.39 is 0 Å². The Balaban J connectivity index is 1.79. The van der Waals surface area contributed by atoms with E-state index in [2.05, 4.69) is 46.7 Å². The van der Waals surface area contributed by atoms with Crippen LogP contribution in [0.25, 0.3) is 11.4 Å². The highest BCUT2D eigenvalue weighted by Crippen LogP contribution is 2.18. The molecular formula is C15H16N4S. The van der Waals surface area contributed by atoms with Crippen LogP contribution in [-0.2, 0) is 6.54 Å². The molecular weight excluding hydrogens is 268 g/mol. The summed E-state index contributed by atoms with van der Waals surface area (Å²) in [5, 5.41) is 10.4. The van der Waals surface area contributed by atoms with Crippen molar-refractivity contribution < 1.29 is 0 Å². The van der Waals surface area contributed by atoms with E-state index in [1.807, 2.05) is 29.2 Å². The predicted molar refractivity (Wildman–Crippen MR) is 80.8 cm³/mol. The van der Waals surface area contributed by atoms with E-state index in [0.717, 1.165) is 17.9 Å². The smallest absolute Gasteiger partial charge is 0.131 e. The lowest BCUT2D eigenvalue weighted by atomic mass is 10.1. The summed E-state index contributed by atoms with van der Waals surface area (Å²) in [5.74, 6) is 0.492. The molecule has 0 aromatic carbocycles. The Morgan fingerprint density at radius 2 is 2.10 bits per heavy atom. The van der Waals surface area contributed by atoms with Gasteiger partial charge in [-0.1, -0.05) is 31.2 Å². The van der Waals surface area contributed by atoms with Gasteiger partial charge < -0.3 is 0 Å². The molecule has 0 saturated carbocycles. The van der Waals surface area contributed by atoms with Crippen LogP contribution in [0.1, 0.15) is 30.2 Å². The third kappa shape index (κ3) is 2.77. The zero-order chi connectivity index (χ0) is 13.9. The molecule has 3 heterocycles. The second-order valence-corrected chi connectivity index (χ2v) is 6.04. The van der Waals surface area contributed by atoms with Crippen molar-refractivity contribution in [2.24, 2.45) is 0 Å². The van der Waals surface area contributed by atoms with Crippen LogP contribution < -0.4 is 0 Å². The van der Waals surface area contributed by atoms with Crippen LogP contribution in [0.5, 0.6) is 0 Å². The highest BCUT2D eigenvalue weighted by Gasteiger charge is 2.07. The highest BCUT2D eigenvalue weighted by atomic mass is 32.1. The lowest BCUT2D eigenvalue weighted by Crippen LogP contribution is -1.97.